The zero-order chi connectivity index (χ0) is 26.5. The molecular formula is C25H31N5O6S. The number of nitrogens with zero attached hydrogens (tertiary/aromatic N) is 2. The van der Waals surface area contributed by atoms with E-state index in [9.17, 15) is 23.1 Å². The fraction of sp³-hybridized carbons (Fsp3) is 0.440. The Labute approximate surface area is 215 Å². The number of aryl methyl sites for hydroxylation is 1. The summed E-state index contributed by atoms with van der Waals surface area (Å²) in [4.78, 5) is 33.6. The minimum atomic E-state index is -4.19. The van der Waals surface area contributed by atoms with Crippen molar-refractivity contribution in [2.75, 3.05) is 11.9 Å². The smallest absolute Gasteiger partial charge is 0.324 e. The first-order chi connectivity index (χ1) is 17.7. The number of rotatable bonds is 11. The number of anilines is 1. The van der Waals surface area contributed by atoms with Crippen molar-refractivity contribution in [1.29, 1.82) is 0 Å². The molecule has 1 unspecified atom stereocenters. The lowest BCUT2D eigenvalue weighted by Gasteiger charge is -2.35. The molecule has 12 heteroatoms. The van der Waals surface area contributed by atoms with Crippen LogP contribution in [0.15, 0.2) is 58.7 Å². The number of amides is 1. The highest BCUT2D eigenvalue weighted by molar-refractivity contribution is 7.89. The van der Waals surface area contributed by atoms with Crippen molar-refractivity contribution < 1.29 is 28.0 Å². The zero-order valence-electron chi connectivity index (χ0n) is 20.5. The van der Waals surface area contributed by atoms with Gasteiger partial charge in [-0.1, -0.05) is 29.4 Å². The summed E-state index contributed by atoms with van der Waals surface area (Å²) in [5.41, 5.74) is 0.156. The molecule has 4 N–H and O–H groups in total. The Balaban J connectivity index is 1.42. The van der Waals surface area contributed by atoms with E-state index in [1.54, 1.807) is 31.3 Å². The normalized spacial score (nSPS) is 22.9. The minimum absolute atomic E-state index is 0.0372. The van der Waals surface area contributed by atoms with E-state index in [0.29, 0.717) is 37.2 Å². The second kappa shape index (κ2) is 11.3. The molecule has 1 aliphatic heterocycles. The quantitative estimate of drug-likeness (QED) is 0.322. The summed E-state index contributed by atoms with van der Waals surface area (Å²) in [7, 11) is -4.19. The number of carboxylic acid groups (broad SMARTS) is 1. The van der Waals surface area contributed by atoms with Crippen LogP contribution in [0.25, 0.3) is 0 Å². The molecule has 37 heavy (non-hydrogen) atoms. The number of carboxylic acids is 1. The molecule has 1 saturated carbocycles. The molecule has 4 rings (SSSR count). The Bertz CT molecular complexity index is 1250. The topological polar surface area (TPSA) is 159 Å². The second-order valence-electron chi connectivity index (χ2n) is 9.54. The summed E-state index contributed by atoms with van der Waals surface area (Å²) in [6.07, 6.45) is 5.53. The van der Waals surface area contributed by atoms with E-state index >= 15 is 0 Å². The van der Waals surface area contributed by atoms with Crippen LogP contribution in [-0.4, -0.2) is 60.8 Å². The third-order valence-corrected chi connectivity index (χ3v) is 8.59. The number of hydrogen-bond acceptors (Lipinski definition) is 8. The first-order valence-electron chi connectivity index (χ1n) is 12.1. The highest BCUT2D eigenvalue weighted by atomic mass is 32.2. The summed E-state index contributed by atoms with van der Waals surface area (Å²) in [5.74, 6) is -0.206. The molecule has 1 fully saturated rings. The van der Waals surface area contributed by atoms with E-state index in [1.807, 2.05) is 18.2 Å². The van der Waals surface area contributed by atoms with E-state index in [0.717, 1.165) is 25.2 Å². The molecule has 2 heterocycles. The molecule has 1 amide bonds. The largest absolute Gasteiger partial charge is 0.480 e. The zero-order valence-corrected chi connectivity index (χ0v) is 21.3. The van der Waals surface area contributed by atoms with Gasteiger partial charge in [-0.2, -0.15) is 4.72 Å². The van der Waals surface area contributed by atoms with Gasteiger partial charge in [0.25, 0.3) is 0 Å². The third kappa shape index (κ3) is 6.25. The Morgan fingerprint density at radius 2 is 1.95 bits per heavy atom. The van der Waals surface area contributed by atoms with Crippen LogP contribution in [0.1, 0.15) is 37.7 Å². The van der Waals surface area contributed by atoms with Gasteiger partial charge in [0.15, 0.2) is 0 Å². The molecule has 0 bridgehead atoms. The average Bonchev–Trinajstić information content (AvgIpc) is 3.29. The maximum absolute atomic E-state index is 13.0. The van der Waals surface area contributed by atoms with Crippen LogP contribution in [0.2, 0.25) is 0 Å². The predicted molar refractivity (Wildman–Crippen MR) is 136 cm³/mol. The van der Waals surface area contributed by atoms with Crippen LogP contribution < -0.4 is 15.4 Å². The number of hydrogen-bond donors (Lipinski definition) is 4. The van der Waals surface area contributed by atoms with E-state index in [-0.39, 0.29) is 10.6 Å². The molecule has 0 saturated heterocycles. The second-order valence-corrected chi connectivity index (χ2v) is 11.2. The standard InChI is InChI=1S/C25H31N5O6S/c1-17-6-2-3-7-20(17)37(34,35)30-23(24(32)33)22(28-16-31)19-14-25(36-29-19)11-9-18(10-12-25)15-27-21-8-4-5-13-26-21/h2-8,13,16,18,22-23,30H,9-12,14-15H2,1H3,(H,26,27)(H,28,31)(H,32,33)/t18?,22?,23-,25?/m0/s1. The van der Waals surface area contributed by atoms with Crippen LogP contribution in [0.3, 0.4) is 0 Å². The van der Waals surface area contributed by atoms with Gasteiger partial charge >= 0.3 is 5.97 Å². The molecule has 1 aromatic carbocycles. The Morgan fingerprint density at radius 3 is 2.59 bits per heavy atom. The maximum atomic E-state index is 13.0. The summed E-state index contributed by atoms with van der Waals surface area (Å²) in [6, 6.07) is 9.06. The van der Waals surface area contributed by atoms with Crippen LogP contribution in [-0.2, 0) is 24.4 Å². The van der Waals surface area contributed by atoms with Gasteiger partial charge in [-0.3, -0.25) is 9.59 Å². The number of benzene rings is 1. The molecule has 2 atom stereocenters. The SMILES string of the molecule is Cc1ccccc1S(=O)(=O)N[C@H](C(=O)O)C(NC=O)C1=NOC2(CCC(CNc3ccccn3)CC2)C1. The number of carbonyl (C=O) groups excluding carboxylic acids is 1. The van der Waals surface area contributed by atoms with Crippen LogP contribution in [0, 0.1) is 12.8 Å². The van der Waals surface area contributed by atoms with Crippen LogP contribution >= 0.6 is 0 Å². The van der Waals surface area contributed by atoms with Gasteiger partial charge in [-0.05, 0) is 62.3 Å². The van der Waals surface area contributed by atoms with Gasteiger partial charge in [0.1, 0.15) is 17.5 Å². The van der Waals surface area contributed by atoms with Crippen molar-refractivity contribution in [3.8, 4) is 0 Å². The van der Waals surface area contributed by atoms with Gasteiger partial charge < -0.3 is 20.6 Å². The predicted octanol–water partition coefficient (Wildman–Crippen LogP) is 2.05. The molecule has 1 aliphatic carbocycles. The summed E-state index contributed by atoms with van der Waals surface area (Å²) >= 11 is 0. The van der Waals surface area contributed by atoms with Crippen LogP contribution in [0.5, 0.6) is 0 Å². The summed E-state index contributed by atoms with van der Waals surface area (Å²) in [6.45, 7) is 2.39. The fourth-order valence-electron chi connectivity index (χ4n) is 4.92. The summed E-state index contributed by atoms with van der Waals surface area (Å²) in [5, 5.41) is 19.8. The van der Waals surface area contributed by atoms with E-state index in [2.05, 4.69) is 25.5 Å². The Hall–Kier alpha value is -3.51. The monoisotopic (exact) mass is 529 g/mol. The third-order valence-electron chi connectivity index (χ3n) is 6.98. The van der Waals surface area contributed by atoms with Crippen molar-refractivity contribution in [2.45, 2.75) is 61.6 Å². The maximum Gasteiger partial charge on any atom is 0.324 e. The van der Waals surface area contributed by atoms with E-state index in [1.165, 1.54) is 6.07 Å². The van der Waals surface area contributed by atoms with Crippen molar-refractivity contribution in [3.05, 3.63) is 54.2 Å². The summed E-state index contributed by atoms with van der Waals surface area (Å²) < 4.78 is 28.3. The highest BCUT2D eigenvalue weighted by Crippen LogP contribution is 2.41. The van der Waals surface area contributed by atoms with Gasteiger partial charge in [0, 0.05) is 19.2 Å². The number of carbonyl (C=O) groups is 2. The van der Waals surface area contributed by atoms with Gasteiger partial charge in [-0.25, -0.2) is 13.4 Å². The number of oxime groups is 1. The van der Waals surface area contributed by atoms with E-state index in [4.69, 9.17) is 4.84 Å². The average molecular weight is 530 g/mol. The highest BCUT2D eigenvalue weighted by Gasteiger charge is 2.47. The number of aromatic nitrogens is 1. The minimum Gasteiger partial charge on any atom is -0.480 e. The molecule has 198 valence electrons. The molecular weight excluding hydrogens is 498 g/mol. The lowest BCUT2D eigenvalue weighted by Crippen LogP contribution is -2.57. The molecule has 1 spiro atoms. The first-order valence-corrected chi connectivity index (χ1v) is 13.6. The van der Waals surface area contributed by atoms with Crippen LogP contribution in [0.4, 0.5) is 5.82 Å². The van der Waals surface area contributed by atoms with Gasteiger partial charge in [-0.15, -0.1) is 0 Å². The lowest BCUT2D eigenvalue weighted by molar-refractivity contribution is -0.139. The van der Waals surface area contributed by atoms with Gasteiger partial charge in [0.2, 0.25) is 16.4 Å². The van der Waals surface area contributed by atoms with Crippen molar-refractivity contribution >= 4 is 33.9 Å². The van der Waals surface area contributed by atoms with Gasteiger partial charge in [0.05, 0.1) is 16.6 Å². The number of sulfonamides is 1. The van der Waals surface area contributed by atoms with Crippen molar-refractivity contribution in [3.63, 3.8) is 0 Å². The van der Waals surface area contributed by atoms with Crippen molar-refractivity contribution in [2.24, 2.45) is 11.1 Å². The molecule has 11 nitrogen and oxygen atoms in total. The van der Waals surface area contributed by atoms with Crippen molar-refractivity contribution in [1.82, 2.24) is 15.0 Å². The molecule has 0 radical (unpaired) electrons. The Morgan fingerprint density at radius 1 is 1.22 bits per heavy atom. The van der Waals surface area contributed by atoms with E-state index < -0.39 is 33.7 Å². The molecule has 2 aromatic rings. The number of aliphatic carboxylic acids is 1. The number of pyridine rings is 1. The molecule has 1 aromatic heterocycles. The lowest BCUT2D eigenvalue weighted by atomic mass is 9.75. The number of nitrogens with one attached hydrogen (secondary N) is 3. The Kier molecular flexibility index (Phi) is 8.08. The fourth-order valence-corrected chi connectivity index (χ4v) is 6.36. The molecule has 2 aliphatic rings. The first kappa shape index (κ1) is 26.6.